The Morgan fingerprint density at radius 2 is 1.32 bits per heavy atom. The third-order valence-corrected chi connectivity index (χ3v) is 11.7. The molecule has 4 nitrogen and oxygen atoms in total. The van der Waals surface area contributed by atoms with Gasteiger partial charge in [0.05, 0.1) is 19.3 Å². The van der Waals surface area contributed by atoms with Crippen LogP contribution < -0.4 is 4.74 Å². The van der Waals surface area contributed by atoms with E-state index in [1.54, 1.807) is 24.3 Å². The lowest BCUT2D eigenvalue weighted by molar-refractivity contribution is 0.0600. The summed E-state index contributed by atoms with van der Waals surface area (Å²) in [6.07, 6.45) is 6.40. The van der Waals surface area contributed by atoms with Gasteiger partial charge in [0.25, 0.3) is 0 Å². The molecule has 1 N–H and O–H groups in total. The molecule has 0 unspecified atom stereocenters. The first-order valence-corrected chi connectivity index (χ1v) is 14.0. The Kier molecular flexibility index (Phi) is 19.0. The van der Waals surface area contributed by atoms with Crippen LogP contribution in [-0.2, 0) is 4.74 Å². The van der Waals surface area contributed by atoms with Crippen molar-refractivity contribution in [3.63, 3.8) is 0 Å². The van der Waals surface area contributed by atoms with E-state index >= 15 is 0 Å². The summed E-state index contributed by atoms with van der Waals surface area (Å²) in [6, 6.07) is 6.90. The molecule has 0 fully saturated rings. The van der Waals surface area contributed by atoms with E-state index in [2.05, 4.69) is 52.5 Å². The van der Waals surface area contributed by atoms with Crippen molar-refractivity contribution in [2.24, 2.45) is 0 Å². The molecule has 0 radical (unpaired) electrons. The topological polar surface area (TPSA) is 55.8 Å². The monoisotopic (exact) mass is 458 g/mol. The average Bonchev–Trinajstić information content (AvgIpc) is 2.76. The summed E-state index contributed by atoms with van der Waals surface area (Å²) in [7, 11) is 0.971. The van der Waals surface area contributed by atoms with Crippen LogP contribution in [0, 0.1) is 0 Å². The third kappa shape index (κ3) is 12.4. The SMILES string of the molecule is CC.CC(C)S(C)(C(C)C)C(C)C.COC(=O)c1ccc(OCCCCCCO)cc1. The van der Waals surface area contributed by atoms with Crippen LogP contribution in [0.3, 0.4) is 0 Å². The summed E-state index contributed by atoms with van der Waals surface area (Å²) < 4.78 is 10.2. The lowest BCUT2D eigenvalue weighted by atomic mass is 10.2. The van der Waals surface area contributed by atoms with Gasteiger partial charge in [-0.05, 0) is 65.5 Å². The number of benzene rings is 1. The van der Waals surface area contributed by atoms with E-state index < -0.39 is 0 Å². The maximum atomic E-state index is 11.2. The maximum Gasteiger partial charge on any atom is 0.337 e. The van der Waals surface area contributed by atoms with Gasteiger partial charge >= 0.3 is 5.97 Å². The first-order chi connectivity index (χ1) is 14.6. The van der Waals surface area contributed by atoms with Crippen molar-refractivity contribution >= 4 is 16.0 Å². The zero-order valence-electron chi connectivity index (χ0n) is 21.9. The molecule has 0 aliphatic heterocycles. The van der Waals surface area contributed by atoms with Gasteiger partial charge in [0.2, 0.25) is 0 Å². The Morgan fingerprint density at radius 1 is 0.871 bits per heavy atom. The molecular formula is C26H50O4S. The molecule has 0 bridgehead atoms. The zero-order valence-corrected chi connectivity index (χ0v) is 22.7. The lowest BCUT2D eigenvalue weighted by Gasteiger charge is -2.48. The number of rotatable bonds is 11. The van der Waals surface area contributed by atoms with Gasteiger partial charge < -0.3 is 14.6 Å². The molecule has 0 amide bonds. The van der Waals surface area contributed by atoms with Gasteiger partial charge in [-0.25, -0.2) is 14.8 Å². The molecule has 184 valence electrons. The number of esters is 1. The molecule has 0 saturated heterocycles. The van der Waals surface area contributed by atoms with Gasteiger partial charge in [-0.15, -0.1) is 0 Å². The smallest absolute Gasteiger partial charge is 0.337 e. The molecule has 0 heterocycles. The van der Waals surface area contributed by atoms with Crippen molar-refractivity contribution in [2.75, 3.05) is 26.6 Å². The largest absolute Gasteiger partial charge is 0.494 e. The molecule has 0 aromatic heterocycles. The molecule has 0 aliphatic rings. The van der Waals surface area contributed by atoms with Crippen molar-refractivity contribution in [1.82, 2.24) is 0 Å². The molecule has 0 aliphatic carbocycles. The van der Waals surface area contributed by atoms with Gasteiger partial charge in [0, 0.05) is 6.61 Å². The first kappa shape index (κ1) is 32.0. The highest BCUT2D eigenvalue weighted by Crippen LogP contribution is 2.56. The van der Waals surface area contributed by atoms with Crippen LogP contribution in [0.4, 0.5) is 0 Å². The minimum atomic E-state index is -0.389. The second-order valence-electron chi connectivity index (χ2n) is 8.26. The Labute approximate surface area is 194 Å². The van der Waals surface area contributed by atoms with Crippen LogP contribution in [-0.4, -0.2) is 53.4 Å². The van der Waals surface area contributed by atoms with Crippen LogP contribution >= 0.6 is 10.0 Å². The van der Waals surface area contributed by atoms with E-state index in [1.807, 2.05) is 13.8 Å². The number of methoxy groups -OCH3 is 1. The van der Waals surface area contributed by atoms with E-state index in [0.717, 1.165) is 47.2 Å². The summed E-state index contributed by atoms with van der Waals surface area (Å²) in [5.74, 6) is 0.412. The highest BCUT2D eigenvalue weighted by molar-refractivity contribution is 8.34. The Morgan fingerprint density at radius 3 is 1.68 bits per heavy atom. The lowest BCUT2D eigenvalue weighted by Crippen LogP contribution is -2.27. The standard InChI is InChI=1S/C14H20O4.C10H24S.C2H6/c1-17-14(16)12-6-8-13(9-7-12)18-11-5-3-2-4-10-15;1-8(2)11(7,9(3)4)10(5)6;1-2/h6-9,15H,2-5,10-11H2,1H3;8-10H,1-7H3;1-2H3. The van der Waals surface area contributed by atoms with Crippen molar-refractivity contribution in [1.29, 1.82) is 0 Å². The predicted octanol–water partition coefficient (Wildman–Crippen LogP) is 7.08. The van der Waals surface area contributed by atoms with E-state index in [1.165, 1.54) is 7.11 Å². The molecule has 31 heavy (non-hydrogen) atoms. The van der Waals surface area contributed by atoms with Crippen LogP contribution in [0.2, 0.25) is 0 Å². The zero-order chi connectivity index (χ0) is 24.4. The van der Waals surface area contributed by atoms with Gasteiger partial charge in [0.15, 0.2) is 0 Å². The van der Waals surface area contributed by atoms with E-state index in [4.69, 9.17) is 9.84 Å². The number of carbonyl (C=O) groups excluding carboxylic acids is 1. The maximum absolute atomic E-state index is 11.2. The van der Waals surface area contributed by atoms with Gasteiger partial charge in [-0.2, -0.15) is 0 Å². The molecule has 0 spiro atoms. The van der Waals surface area contributed by atoms with Crippen LogP contribution in [0.15, 0.2) is 24.3 Å². The summed E-state index contributed by atoms with van der Waals surface area (Å²) in [4.78, 5) is 11.2. The fourth-order valence-corrected chi connectivity index (χ4v) is 6.46. The molecule has 1 aromatic carbocycles. The number of aliphatic hydroxyl groups is 1. The highest BCUT2D eigenvalue weighted by Gasteiger charge is 2.29. The Balaban J connectivity index is 0. The average molecular weight is 459 g/mol. The van der Waals surface area contributed by atoms with E-state index in [0.29, 0.717) is 12.2 Å². The van der Waals surface area contributed by atoms with E-state index in [-0.39, 0.29) is 22.6 Å². The van der Waals surface area contributed by atoms with Gasteiger partial charge in [-0.3, -0.25) is 0 Å². The van der Waals surface area contributed by atoms with Gasteiger partial charge in [0.1, 0.15) is 5.75 Å². The second kappa shape index (κ2) is 18.4. The van der Waals surface area contributed by atoms with Crippen LogP contribution in [0.1, 0.15) is 91.4 Å². The third-order valence-electron chi connectivity index (χ3n) is 5.64. The summed E-state index contributed by atoms with van der Waals surface area (Å²) >= 11 is 0. The summed E-state index contributed by atoms with van der Waals surface area (Å²) in [6.45, 7) is 19.1. The Bertz CT molecular complexity index is 531. The van der Waals surface area contributed by atoms with Crippen molar-refractivity contribution < 1.29 is 19.4 Å². The molecule has 0 atom stereocenters. The van der Waals surface area contributed by atoms with Crippen molar-refractivity contribution in [3.05, 3.63) is 29.8 Å². The first-order valence-electron chi connectivity index (χ1n) is 11.8. The molecule has 5 heteroatoms. The quantitative estimate of drug-likeness (QED) is 0.284. The van der Waals surface area contributed by atoms with E-state index in [9.17, 15) is 4.79 Å². The second-order valence-corrected chi connectivity index (χ2v) is 13.3. The van der Waals surface area contributed by atoms with Crippen molar-refractivity contribution in [2.45, 2.75) is 96.8 Å². The van der Waals surface area contributed by atoms with Gasteiger partial charge in [-0.1, -0.05) is 61.8 Å². The number of ether oxygens (including phenoxy) is 2. The minimum absolute atomic E-state index is 0.260. The minimum Gasteiger partial charge on any atom is -0.494 e. The fraction of sp³-hybridized carbons (Fsp3) is 0.731. The molecule has 0 saturated carbocycles. The van der Waals surface area contributed by atoms with Crippen molar-refractivity contribution in [3.8, 4) is 5.75 Å². The number of hydrogen-bond donors (Lipinski definition) is 1. The number of unbranched alkanes of at least 4 members (excludes halogenated alkanes) is 3. The molecule has 1 aromatic rings. The Hall–Kier alpha value is -1.20. The number of aliphatic hydroxyl groups excluding tert-OH is 1. The van der Waals surface area contributed by atoms with Crippen LogP contribution in [0.25, 0.3) is 0 Å². The number of hydrogen-bond acceptors (Lipinski definition) is 4. The normalized spacial score (nSPS) is 11.4. The molecule has 1 rings (SSSR count). The molecular weight excluding hydrogens is 408 g/mol. The fourth-order valence-electron chi connectivity index (χ4n) is 3.20. The summed E-state index contributed by atoms with van der Waals surface area (Å²) in [5, 5.41) is 11.2. The summed E-state index contributed by atoms with van der Waals surface area (Å²) in [5.41, 5.74) is 0.521. The highest BCUT2D eigenvalue weighted by atomic mass is 32.3. The predicted molar refractivity (Wildman–Crippen MR) is 139 cm³/mol. The number of carbonyl (C=O) groups is 1. The van der Waals surface area contributed by atoms with Crippen LogP contribution in [0.5, 0.6) is 5.75 Å².